The number of nitrogens with zero attached hydrogens (tertiary/aromatic N) is 1. The third-order valence-corrected chi connectivity index (χ3v) is 4.48. The zero-order valence-corrected chi connectivity index (χ0v) is 15.7. The maximum absolute atomic E-state index is 12.8. The van der Waals surface area contributed by atoms with E-state index in [4.69, 9.17) is 18.7 Å². The van der Waals surface area contributed by atoms with Gasteiger partial charge in [0.1, 0.15) is 31.3 Å². The number of rotatable bonds is 5. The van der Waals surface area contributed by atoms with Crippen molar-refractivity contribution < 1.29 is 23.5 Å². The second kappa shape index (κ2) is 7.64. The number of benzene rings is 2. The van der Waals surface area contributed by atoms with E-state index in [0.717, 1.165) is 11.3 Å². The highest BCUT2D eigenvalue weighted by molar-refractivity contribution is 6.06. The lowest BCUT2D eigenvalue weighted by molar-refractivity contribution is 0.102. The number of anilines is 1. The fourth-order valence-electron chi connectivity index (χ4n) is 2.96. The highest BCUT2D eigenvalue weighted by Crippen LogP contribution is 2.33. The molecule has 0 fully saturated rings. The van der Waals surface area contributed by atoms with Gasteiger partial charge in [-0.2, -0.15) is 0 Å². The monoisotopic (exact) mass is 380 g/mol. The largest absolute Gasteiger partial charge is 0.488 e. The van der Waals surface area contributed by atoms with Gasteiger partial charge in [0, 0.05) is 11.8 Å². The van der Waals surface area contributed by atoms with Crippen molar-refractivity contribution in [3.8, 4) is 17.2 Å². The van der Waals surface area contributed by atoms with E-state index in [9.17, 15) is 4.79 Å². The zero-order valence-electron chi connectivity index (χ0n) is 15.7. The van der Waals surface area contributed by atoms with Crippen molar-refractivity contribution in [2.24, 2.45) is 0 Å². The Kier molecular flexibility index (Phi) is 4.89. The quantitative estimate of drug-likeness (QED) is 0.723. The number of carbonyl (C=O) groups excluding carboxylic acids is 1. The highest BCUT2D eigenvalue weighted by Gasteiger charge is 2.17. The number of ether oxygens (including phenoxy) is 3. The number of hydrogen-bond donors (Lipinski definition) is 1. The second-order valence-corrected chi connectivity index (χ2v) is 6.40. The standard InChI is InChI=1S/C21H20N2O5/c1-13-17(14(2)28-23-13)12-27-18-6-4-3-5-16(18)21(24)22-15-7-8-19-20(11-15)26-10-9-25-19/h3-8,11H,9-10,12H2,1-2H3,(H,22,24). The average molecular weight is 380 g/mol. The number of aromatic nitrogens is 1. The summed E-state index contributed by atoms with van der Waals surface area (Å²) in [4.78, 5) is 12.8. The minimum atomic E-state index is -0.272. The molecule has 0 spiro atoms. The van der Waals surface area contributed by atoms with Crippen molar-refractivity contribution in [3.63, 3.8) is 0 Å². The summed E-state index contributed by atoms with van der Waals surface area (Å²) in [5.41, 5.74) is 2.71. The van der Waals surface area contributed by atoms with Crippen LogP contribution < -0.4 is 19.5 Å². The molecule has 0 radical (unpaired) electrons. The molecule has 1 amide bonds. The number of amides is 1. The van der Waals surface area contributed by atoms with E-state index in [-0.39, 0.29) is 12.5 Å². The Bertz CT molecular complexity index is 992. The second-order valence-electron chi connectivity index (χ2n) is 6.40. The van der Waals surface area contributed by atoms with Crippen molar-refractivity contribution >= 4 is 11.6 Å². The number of para-hydroxylation sites is 1. The van der Waals surface area contributed by atoms with Gasteiger partial charge in [-0.25, -0.2) is 0 Å². The third kappa shape index (κ3) is 3.64. The number of aryl methyl sites for hydroxylation is 2. The van der Waals surface area contributed by atoms with Gasteiger partial charge in [-0.05, 0) is 38.1 Å². The van der Waals surface area contributed by atoms with Crippen LogP contribution >= 0.6 is 0 Å². The van der Waals surface area contributed by atoms with E-state index in [1.54, 1.807) is 36.4 Å². The van der Waals surface area contributed by atoms with E-state index in [0.29, 0.717) is 47.5 Å². The average Bonchev–Trinajstić information content (AvgIpc) is 3.04. The van der Waals surface area contributed by atoms with Gasteiger partial charge in [0.15, 0.2) is 11.5 Å². The van der Waals surface area contributed by atoms with Crippen LogP contribution in [0.25, 0.3) is 0 Å². The van der Waals surface area contributed by atoms with Gasteiger partial charge in [0.25, 0.3) is 5.91 Å². The summed E-state index contributed by atoms with van der Waals surface area (Å²) in [7, 11) is 0. The van der Waals surface area contributed by atoms with Crippen LogP contribution in [0.3, 0.4) is 0 Å². The molecule has 1 aromatic heterocycles. The Morgan fingerprint density at radius 2 is 1.89 bits per heavy atom. The molecule has 1 aliphatic rings. The van der Waals surface area contributed by atoms with Crippen molar-refractivity contribution in [1.82, 2.24) is 5.16 Å². The fraction of sp³-hybridized carbons (Fsp3) is 0.238. The topological polar surface area (TPSA) is 82.8 Å². The Morgan fingerprint density at radius 1 is 1.11 bits per heavy atom. The molecule has 0 atom stereocenters. The summed E-state index contributed by atoms with van der Waals surface area (Å²) < 4.78 is 22.1. The van der Waals surface area contributed by atoms with Crippen LogP contribution in [0.2, 0.25) is 0 Å². The van der Waals surface area contributed by atoms with Crippen molar-refractivity contribution in [2.45, 2.75) is 20.5 Å². The van der Waals surface area contributed by atoms with E-state index < -0.39 is 0 Å². The van der Waals surface area contributed by atoms with Gasteiger partial charge >= 0.3 is 0 Å². The first-order valence-corrected chi connectivity index (χ1v) is 8.96. The predicted octanol–water partition coefficient (Wildman–Crippen LogP) is 3.89. The molecule has 0 saturated carbocycles. The lowest BCUT2D eigenvalue weighted by Crippen LogP contribution is -2.17. The fourth-order valence-corrected chi connectivity index (χ4v) is 2.96. The molecule has 1 N–H and O–H groups in total. The van der Waals surface area contributed by atoms with Crippen LogP contribution in [0, 0.1) is 13.8 Å². The van der Waals surface area contributed by atoms with Crippen LogP contribution in [0.15, 0.2) is 47.0 Å². The number of nitrogens with one attached hydrogen (secondary N) is 1. The minimum absolute atomic E-state index is 0.272. The van der Waals surface area contributed by atoms with E-state index >= 15 is 0 Å². The zero-order chi connectivity index (χ0) is 19.5. The van der Waals surface area contributed by atoms with Crippen LogP contribution in [-0.4, -0.2) is 24.3 Å². The first kappa shape index (κ1) is 17.9. The molecular formula is C21H20N2O5. The number of carbonyl (C=O) groups is 1. The van der Waals surface area contributed by atoms with Gasteiger partial charge in [0.2, 0.25) is 0 Å². The van der Waals surface area contributed by atoms with Crippen molar-refractivity contribution in [3.05, 3.63) is 65.0 Å². The first-order valence-electron chi connectivity index (χ1n) is 8.96. The third-order valence-electron chi connectivity index (χ3n) is 4.48. The summed E-state index contributed by atoms with van der Waals surface area (Å²) >= 11 is 0. The molecule has 7 heteroatoms. The van der Waals surface area contributed by atoms with Crippen LogP contribution in [0.5, 0.6) is 17.2 Å². The molecule has 28 heavy (non-hydrogen) atoms. The van der Waals surface area contributed by atoms with Crippen molar-refractivity contribution in [2.75, 3.05) is 18.5 Å². The molecule has 3 aromatic rings. The molecule has 0 bridgehead atoms. The van der Waals surface area contributed by atoms with Gasteiger partial charge in [-0.3, -0.25) is 4.79 Å². The molecule has 144 valence electrons. The van der Waals surface area contributed by atoms with E-state index in [1.807, 2.05) is 19.9 Å². The normalized spacial score (nSPS) is 12.5. The summed E-state index contributed by atoms with van der Waals surface area (Å²) in [5.74, 6) is 2.21. The van der Waals surface area contributed by atoms with E-state index in [1.165, 1.54) is 0 Å². The maximum Gasteiger partial charge on any atom is 0.259 e. The molecule has 7 nitrogen and oxygen atoms in total. The molecule has 0 saturated heterocycles. The first-order chi connectivity index (χ1) is 13.6. The van der Waals surface area contributed by atoms with Crippen LogP contribution in [-0.2, 0) is 6.61 Å². The van der Waals surface area contributed by atoms with E-state index in [2.05, 4.69) is 10.5 Å². The van der Waals surface area contributed by atoms with Gasteiger partial charge in [0.05, 0.1) is 16.8 Å². The molecule has 0 unspecified atom stereocenters. The number of hydrogen-bond acceptors (Lipinski definition) is 6. The minimum Gasteiger partial charge on any atom is -0.488 e. The molecule has 2 heterocycles. The SMILES string of the molecule is Cc1noc(C)c1COc1ccccc1C(=O)Nc1ccc2c(c1)OCCO2. The lowest BCUT2D eigenvalue weighted by Gasteiger charge is -2.19. The Balaban J connectivity index is 1.50. The van der Waals surface area contributed by atoms with Gasteiger partial charge in [-0.15, -0.1) is 0 Å². The Labute approximate surface area is 162 Å². The Morgan fingerprint density at radius 3 is 2.68 bits per heavy atom. The summed E-state index contributed by atoms with van der Waals surface area (Å²) in [5, 5.41) is 6.80. The highest BCUT2D eigenvalue weighted by atomic mass is 16.6. The summed E-state index contributed by atoms with van der Waals surface area (Å²) in [6.45, 7) is 4.97. The van der Waals surface area contributed by atoms with Crippen molar-refractivity contribution in [1.29, 1.82) is 0 Å². The molecule has 0 aliphatic carbocycles. The molecule has 1 aliphatic heterocycles. The van der Waals surface area contributed by atoms with Gasteiger partial charge in [-0.1, -0.05) is 17.3 Å². The van der Waals surface area contributed by atoms with Crippen LogP contribution in [0.1, 0.15) is 27.4 Å². The summed E-state index contributed by atoms with van der Waals surface area (Å²) in [6, 6.07) is 12.4. The smallest absolute Gasteiger partial charge is 0.259 e. The lowest BCUT2D eigenvalue weighted by atomic mass is 10.1. The number of fused-ring (bicyclic) bond motifs is 1. The van der Waals surface area contributed by atoms with Gasteiger partial charge < -0.3 is 24.1 Å². The molecular weight excluding hydrogens is 360 g/mol. The predicted molar refractivity (Wildman–Crippen MR) is 102 cm³/mol. The van der Waals surface area contributed by atoms with Crippen LogP contribution in [0.4, 0.5) is 5.69 Å². The Hall–Kier alpha value is -3.48. The maximum atomic E-state index is 12.8. The molecule has 4 rings (SSSR count). The summed E-state index contributed by atoms with van der Waals surface area (Å²) in [6.07, 6.45) is 0. The molecule has 2 aromatic carbocycles.